The van der Waals surface area contributed by atoms with Gasteiger partial charge in [0.05, 0.1) is 0 Å². The Hall–Kier alpha value is -4.24. The zero-order valence-corrected chi connectivity index (χ0v) is 18.8. The lowest BCUT2D eigenvalue weighted by molar-refractivity contribution is 0.464. The molecule has 0 bridgehead atoms. The predicted octanol–water partition coefficient (Wildman–Crippen LogP) is 6.06. The van der Waals surface area contributed by atoms with Crippen LogP contribution in [0.15, 0.2) is 109 Å². The fourth-order valence-electron chi connectivity index (χ4n) is 5.30. The van der Waals surface area contributed by atoms with Crippen molar-refractivity contribution in [3.05, 3.63) is 115 Å². The molecule has 0 fully saturated rings. The first-order valence-corrected chi connectivity index (χ1v) is 11.6. The third kappa shape index (κ3) is 2.90. The van der Waals surface area contributed by atoms with E-state index >= 15 is 0 Å². The lowest BCUT2D eigenvalue weighted by Crippen LogP contribution is -2.57. The molecule has 5 aromatic carbocycles. The number of rotatable bonds is 2. The van der Waals surface area contributed by atoms with Crippen molar-refractivity contribution >= 4 is 23.1 Å². The summed E-state index contributed by atoms with van der Waals surface area (Å²) < 4.78 is 12.8. The first-order chi connectivity index (χ1) is 16.8. The Balaban J connectivity index is 1.43. The first-order valence-electron chi connectivity index (χ1n) is 11.6. The molecule has 0 spiro atoms. The molecule has 2 nitrogen and oxygen atoms in total. The monoisotopic (exact) mass is 436 g/mol. The van der Waals surface area contributed by atoms with Crippen LogP contribution in [0.2, 0.25) is 0 Å². The molecule has 7 rings (SSSR count). The molecule has 0 saturated carbocycles. The number of ether oxygens (including phenoxy) is 2. The van der Waals surface area contributed by atoms with Crippen LogP contribution in [-0.2, 0) is 0 Å². The van der Waals surface area contributed by atoms with Crippen LogP contribution >= 0.6 is 0 Å². The van der Waals surface area contributed by atoms with Gasteiger partial charge in [0.15, 0.2) is 0 Å². The lowest BCUT2D eigenvalue weighted by Gasteiger charge is -2.33. The van der Waals surface area contributed by atoms with Gasteiger partial charge in [0, 0.05) is 5.46 Å². The molecule has 2 heterocycles. The van der Waals surface area contributed by atoms with Crippen molar-refractivity contribution in [3.63, 3.8) is 0 Å². The number of hydrogen-bond acceptors (Lipinski definition) is 2. The maximum Gasteiger partial charge on any atom is 0.260 e. The Kier molecular flexibility index (Phi) is 4.19. The zero-order chi connectivity index (χ0) is 22.6. The third-order valence-electron chi connectivity index (χ3n) is 6.96. The summed E-state index contributed by atoms with van der Waals surface area (Å²) in [6.45, 7) is 2.22. The molecule has 0 radical (unpaired) electrons. The summed E-state index contributed by atoms with van der Waals surface area (Å²) in [6.07, 6.45) is 0. The maximum atomic E-state index is 6.46. The normalized spacial score (nSPS) is 12.7. The molecule has 2 aliphatic rings. The van der Waals surface area contributed by atoms with Gasteiger partial charge in [0.1, 0.15) is 23.0 Å². The van der Waals surface area contributed by atoms with E-state index in [-0.39, 0.29) is 6.71 Å². The van der Waals surface area contributed by atoms with Crippen LogP contribution in [0.3, 0.4) is 0 Å². The van der Waals surface area contributed by atoms with Crippen molar-refractivity contribution in [1.82, 2.24) is 0 Å². The van der Waals surface area contributed by atoms with E-state index in [1.165, 1.54) is 33.2 Å². The van der Waals surface area contributed by atoms with E-state index in [2.05, 4.69) is 91.9 Å². The standard InChI is InChI=1S/C31H21BO2/c1-20-8-5-6-11-24(20)23-15-17-27-26(18-23)32-25-16-14-22(21-9-3-2-4-10-21)19-30(25)34-29-13-7-12-28(33-27)31(29)32/h2-19H,1H3. The van der Waals surface area contributed by atoms with Gasteiger partial charge in [-0.3, -0.25) is 0 Å². The van der Waals surface area contributed by atoms with Crippen molar-refractivity contribution in [3.8, 4) is 45.3 Å². The topological polar surface area (TPSA) is 18.5 Å². The van der Waals surface area contributed by atoms with E-state index in [0.29, 0.717) is 0 Å². The van der Waals surface area contributed by atoms with Crippen LogP contribution in [0, 0.1) is 6.92 Å². The molecule has 0 amide bonds. The lowest BCUT2D eigenvalue weighted by atomic mass is 9.34. The number of benzene rings is 5. The van der Waals surface area contributed by atoms with Crippen molar-refractivity contribution in [1.29, 1.82) is 0 Å². The summed E-state index contributed by atoms with van der Waals surface area (Å²) in [7, 11) is 0. The van der Waals surface area contributed by atoms with E-state index < -0.39 is 0 Å². The summed E-state index contributed by atoms with van der Waals surface area (Å²) in [5.74, 6) is 3.56. The Morgan fingerprint density at radius 1 is 0.500 bits per heavy atom. The molecule has 0 atom stereocenters. The average Bonchev–Trinajstić information content (AvgIpc) is 2.89. The fraction of sp³-hybridized carbons (Fsp3) is 0.0323. The van der Waals surface area contributed by atoms with Crippen molar-refractivity contribution in [2.24, 2.45) is 0 Å². The molecule has 0 N–H and O–H groups in total. The Labute approximate surface area is 199 Å². The van der Waals surface area contributed by atoms with Gasteiger partial charge in [0.25, 0.3) is 6.71 Å². The Morgan fingerprint density at radius 2 is 1.24 bits per heavy atom. The van der Waals surface area contributed by atoms with Gasteiger partial charge in [-0.15, -0.1) is 0 Å². The first kappa shape index (κ1) is 19.3. The van der Waals surface area contributed by atoms with E-state index in [9.17, 15) is 0 Å². The predicted molar refractivity (Wildman–Crippen MR) is 140 cm³/mol. The van der Waals surface area contributed by atoms with E-state index in [1.54, 1.807) is 0 Å². The maximum absolute atomic E-state index is 6.46. The van der Waals surface area contributed by atoms with Gasteiger partial charge in [-0.2, -0.15) is 0 Å². The van der Waals surface area contributed by atoms with Gasteiger partial charge in [0.2, 0.25) is 0 Å². The Morgan fingerprint density at radius 3 is 2.06 bits per heavy atom. The fourth-order valence-corrected chi connectivity index (χ4v) is 5.30. The quantitative estimate of drug-likeness (QED) is 0.307. The second kappa shape index (κ2) is 7.39. The van der Waals surface area contributed by atoms with Gasteiger partial charge < -0.3 is 9.47 Å². The van der Waals surface area contributed by atoms with Crippen molar-refractivity contribution in [2.45, 2.75) is 6.92 Å². The van der Waals surface area contributed by atoms with Gasteiger partial charge in [-0.1, -0.05) is 84.9 Å². The van der Waals surface area contributed by atoms with Crippen LogP contribution in [0.1, 0.15) is 5.56 Å². The number of fused-ring (bicyclic) bond motifs is 4. The Bertz CT molecular complexity index is 1570. The SMILES string of the molecule is Cc1ccccc1-c1ccc2c(c1)B1c3ccc(-c4ccccc4)cc3Oc3cccc(c31)O2. The van der Waals surface area contributed by atoms with Gasteiger partial charge in [-0.05, 0) is 69.9 Å². The van der Waals surface area contributed by atoms with Crippen molar-refractivity contribution in [2.75, 3.05) is 0 Å². The molecule has 3 heteroatoms. The van der Waals surface area contributed by atoms with Crippen LogP contribution < -0.4 is 25.9 Å². The average molecular weight is 436 g/mol. The zero-order valence-electron chi connectivity index (χ0n) is 18.8. The summed E-state index contributed by atoms with van der Waals surface area (Å²) in [6, 6.07) is 38.2. The smallest absolute Gasteiger partial charge is 0.260 e. The largest absolute Gasteiger partial charge is 0.458 e. The molecule has 2 aliphatic heterocycles. The molecule has 160 valence electrons. The minimum absolute atomic E-state index is 0.0625. The summed E-state index contributed by atoms with van der Waals surface area (Å²) in [5, 5.41) is 0. The van der Waals surface area contributed by atoms with E-state index in [0.717, 1.165) is 34.0 Å². The molecule has 5 aromatic rings. The van der Waals surface area contributed by atoms with Crippen LogP contribution in [0.25, 0.3) is 22.3 Å². The second-order valence-electron chi connectivity index (χ2n) is 8.99. The minimum atomic E-state index is 0.0625. The van der Waals surface area contributed by atoms with Gasteiger partial charge >= 0.3 is 0 Å². The van der Waals surface area contributed by atoms with Crippen LogP contribution in [-0.4, -0.2) is 6.71 Å². The molecule has 0 aromatic heterocycles. The van der Waals surface area contributed by atoms with Crippen LogP contribution in [0.5, 0.6) is 23.0 Å². The third-order valence-corrected chi connectivity index (χ3v) is 6.96. The highest BCUT2D eigenvalue weighted by atomic mass is 16.5. The minimum Gasteiger partial charge on any atom is -0.458 e. The summed E-state index contributed by atoms with van der Waals surface area (Å²) in [5.41, 5.74) is 9.51. The number of hydrogen-bond donors (Lipinski definition) is 0. The molecule has 0 saturated heterocycles. The molecule has 34 heavy (non-hydrogen) atoms. The highest BCUT2D eigenvalue weighted by Gasteiger charge is 2.40. The molecule has 0 aliphatic carbocycles. The van der Waals surface area contributed by atoms with Crippen molar-refractivity contribution < 1.29 is 9.47 Å². The highest BCUT2D eigenvalue weighted by Crippen LogP contribution is 2.36. The summed E-state index contributed by atoms with van der Waals surface area (Å²) in [4.78, 5) is 0. The molecular weight excluding hydrogens is 415 g/mol. The summed E-state index contributed by atoms with van der Waals surface area (Å²) >= 11 is 0. The van der Waals surface area contributed by atoms with Crippen LogP contribution in [0.4, 0.5) is 0 Å². The molecule has 0 unspecified atom stereocenters. The van der Waals surface area contributed by atoms with Gasteiger partial charge in [-0.25, -0.2) is 0 Å². The van der Waals surface area contributed by atoms with E-state index in [1.807, 2.05) is 24.3 Å². The molecular formula is C31H21BO2. The van der Waals surface area contributed by atoms with E-state index in [4.69, 9.17) is 9.47 Å². The number of aryl methyl sites for hydroxylation is 1. The second-order valence-corrected chi connectivity index (χ2v) is 8.99. The highest BCUT2D eigenvalue weighted by molar-refractivity contribution is 6.98.